The molecular formula is C13H22N2O4S. The maximum absolute atomic E-state index is 12.2. The molecule has 0 radical (unpaired) electrons. The van der Waals surface area contributed by atoms with Crippen molar-refractivity contribution in [1.82, 2.24) is 10.2 Å². The molecule has 0 aliphatic carbocycles. The highest BCUT2D eigenvalue weighted by Crippen LogP contribution is 2.17. The van der Waals surface area contributed by atoms with Crippen LogP contribution in [0.25, 0.3) is 0 Å². The molecule has 2 saturated heterocycles. The number of piperidine rings is 1. The molecule has 1 atom stereocenters. The van der Waals surface area contributed by atoms with Crippen LogP contribution in [-0.4, -0.2) is 71.8 Å². The molecule has 0 spiro atoms. The summed E-state index contributed by atoms with van der Waals surface area (Å²) in [7, 11) is 0. The number of carbonyl (C=O) groups is 2. The lowest BCUT2D eigenvalue weighted by molar-refractivity contribution is -0.147. The van der Waals surface area contributed by atoms with Crippen LogP contribution in [0.1, 0.15) is 19.3 Å². The van der Waals surface area contributed by atoms with Gasteiger partial charge in [-0.2, -0.15) is 11.8 Å². The maximum Gasteiger partial charge on any atom is 0.329 e. The van der Waals surface area contributed by atoms with Gasteiger partial charge in [0.2, 0.25) is 5.91 Å². The number of aliphatic carboxylic acids is 1. The Labute approximate surface area is 123 Å². The van der Waals surface area contributed by atoms with E-state index in [-0.39, 0.29) is 18.6 Å². The lowest BCUT2D eigenvalue weighted by Gasteiger charge is -2.33. The van der Waals surface area contributed by atoms with E-state index in [4.69, 9.17) is 9.84 Å². The third-order valence-corrected chi connectivity index (χ3v) is 4.79. The van der Waals surface area contributed by atoms with Crippen molar-refractivity contribution in [2.24, 2.45) is 0 Å². The van der Waals surface area contributed by atoms with E-state index in [9.17, 15) is 9.59 Å². The first-order valence-electron chi connectivity index (χ1n) is 7.07. The van der Waals surface area contributed by atoms with E-state index in [2.05, 4.69) is 5.32 Å². The Balaban J connectivity index is 1.67. The summed E-state index contributed by atoms with van der Waals surface area (Å²) in [4.78, 5) is 24.5. The normalized spacial score (nSPS) is 24.6. The second-order valence-electron chi connectivity index (χ2n) is 5.21. The predicted molar refractivity (Wildman–Crippen MR) is 76.9 cm³/mol. The average Bonchev–Trinajstić information content (AvgIpc) is 2.46. The van der Waals surface area contributed by atoms with Crippen LogP contribution in [0.15, 0.2) is 0 Å². The quantitative estimate of drug-likeness (QED) is 0.754. The van der Waals surface area contributed by atoms with Crippen LogP contribution in [-0.2, 0) is 14.3 Å². The number of likely N-dealkylation sites (tertiary alicyclic amines) is 1. The van der Waals surface area contributed by atoms with Gasteiger partial charge >= 0.3 is 5.97 Å². The molecule has 2 heterocycles. The molecule has 2 N–H and O–H groups in total. The monoisotopic (exact) mass is 302 g/mol. The molecule has 0 bridgehead atoms. The lowest BCUT2D eigenvalue weighted by Crippen LogP contribution is -2.45. The number of ether oxygens (including phenoxy) is 1. The molecule has 0 aromatic heterocycles. The second kappa shape index (κ2) is 7.85. The Hall–Kier alpha value is -0.790. The molecule has 2 rings (SSSR count). The Bertz CT molecular complexity index is 339. The molecule has 0 aromatic carbocycles. The fourth-order valence-corrected chi connectivity index (χ4v) is 3.50. The molecule has 1 amide bonds. The van der Waals surface area contributed by atoms with Crippen molar-refractivity contribution in [3.63, 3.8) is 0 Å². The maximum atomic E-state index is 12.2. The minimum absolute atomic E-state index is 0.0292. The molecule has 7 heteroatoms. The van der Waals surface area contributed by atoms with Crippen LogP contribution in [0.3, 0.4) is 0 Å². The fourth-order valence-electron chi connectivity index (χ4n) is 2.55. The average molecular weight is 302 g/mol. The second-order valence-corrected chi connectivity index (χ2v) is 6.36. The van der Waals surface area contributed by atoms with Gasteiger partial charge in [0, 0.05) is 43.6 Å². The van der Waals surface area contributed by atoms with Gasteiger partial charge in [-0.15, -0.1) is 0 Å². The van der Waals surface area contributed by atoms with Crippen molar-refractivity contribution in [2.45, 2.75) is 31.4 Å². The summed E-state index contributed by atoms with van der Waals surface area (Å²) in [6, 6.07) is 0.294. The van der Waals surface area contributed by atoms with E-state index in [0.717, 1.165) is 30.9 Å². The number of carbonyl (C=O) groups excluding carboxylic acids is 1. The molecule has 2 fully saturated rings. The van der Waals surface area contributed by atoms with Gasteiger partial charge in [-0.25, -0.2) is 4.79 Å². The Morgan fingerprint density at radius 1 is 1.35 bits per heavy atom. The summed E-state index contributed by atoms with van der Waals surface area (Å²) in [5.41, 5.74) is 0. The zero-order chi connectivity index (χ0) is 14.4. The molecule has 114 valence electrons. The number of carboxylic acids is 1. The molecule has 1 unspecified atom stereocenters. The van der Waals surface area contributed by atoms with Gasteiger partial charge in [0.25, 0.3) is 0 Å². The molecule has 2 aliphatic rings. The summed E-state index contributed by atoms with van der Waals surface area (Å²) >= 11 is 1.89. The first-order chi connectivity index (χ1) is 9.65. The van der Waals surface area contributed by atoms with Gasteiger partial charge < -0.3 is 20.1 Å². The Morgan fingerprint density at radius 3 is 2.70 bits per heavy atom. The molecule has 2 aliphatic heterocycles. The molecule has 20 heavy (non-hydrogen) atoms. The number of hydrogen-bond acceptors (Lipinski definition) is 5. The van der Waals surface area contributed by atoms with Crippen LogP contribution in [0, 0.1) is 0 Å². The van der Waals surface area contributed by atoms with Crippen molar-refractivity contribution in [3.05, 3.63) is 0 Å². The van der Waals surface area contributed by atoms with E-state index in [1.165, 1.54) is 0 Å². The van der Waals surface area contributed by atoms with E-state index in [0.29, 0.717) is 25.6 Å². The highest BCUT2D eigenvalue weighted by atomic mass is 32.2. The summed E-state index contributed by atoms with van der Waals surface area (Å²) in [5.74, 6) is 1.38. The molecule has 0 aromatic rings. The Morgan fingerprint density at radius 2 is 2.10 bits per heavy atom. The largest absolute Gasteiger partial charge is 0.480 e. The third kappa shape index (κ3) is 4.96. The number of amides is 1. The lowest BCUT2D eigenvalue weighted by atomic mass is 10.1. The highest BCUT2D eigenvalue weighted by molar-refractivity contribution is 7.99. The van der Waals surface area contributed by atoms with E-state index < -0.39 is 5.97 Å². The molecule has 6 nitrogen and oxygen atoms in total. The zero-order valence-electron chi connectivity index (χ0n) is 11.5. The van der Waals surface area contributed by atoms with Crippen molar-refractivity contribution in [1.29, 1.82) is 0 Å². The predicted octanol–water partition coefficient (Wildman–Crippen LogP) is 0.174. The van der Waals surface area contributed by atoms with Crippen LogP contribution in [0.4, 0.5) is 0 Å². The number of rotatable bonds is 5. The van der Waals surface area contributed by atoms with Gasteiger partial charge in [-0.3, -0.25) is 4.79 Å². The third-order valence-electron chi connectivity index (χ3n) is 3.66. The standard InChI is InChI=1S/C13H22N2O4S/c16-12(7-10-9-20-6-3-14-10)15-4-1-11(2-5-15)19-8-13(17)18/h10-11,14H,1-9H2,(H,17,18). The van der Waals surface area contributed by atoms with E-state index in [1.807, 2.05) is 16.7 Å². The summed E-state index contributed by atoms with van der Waals surface area (Å²) in [5, 5.41) is 11.9. The van der Waals surface area contributed by atoms with Crippen LogP contribution < -0.4 is 5.32 Å². The Kier molecular flexibility index (Phi) is 6.12. The smallest absolute Gasteiger partial charge is 0.329 e. The van der Waals surface area contributed by atoms with Crippen molar-refractivity contribution in [3.8, 4) is 0 Å². The van der Waals surface area contributed by atoms with E-state index >= 15 is 0 Å². The van der Waals surface area contributed by atoms with Crippen molar-refractivity contribution >= 4 is 23.6 Å². The number of nitrogens with one attached hydrogen (secondary N) is 1. The number of hydrogen-bond donors (Lipinski definition) is 2. The summed E-state index contributed by atoms with van der Waals surface area (Å²) < 4.78 is 5.27. The topological polar surface area (TPSA) is 78.9 Å². The fraction of sp³-hybridized carbons (Fsp3) is 0.846. The number of nitrogens with zero attached hydrogens (tertiary/aromatic N) is 1. The summed E-state index contributed by atoms with van der Waals surface area (Å²) in [6.45, 7) is 2.07. The van der Waals surface area contributed by atoms with Crippen LogP contribution >= 0.6 is 11.8 Å². The molecular weight excluding hydrogens is 280 g/mol. The van der Waals surface area contributed by atoms with Gasteiger partial charge in [-0.05, 0) is 12.8 Å². The van der Waals surface area contributed by atoms with Gasteiger partial charge in [-0.1, -0.05) is 0 Å². The van der Waals surface area contributed by atoms with Gasteiger partial charge in [0.05, 0.1) is 6.10 Å². The first kappa shape index (κ1) is 15.6. The molecule has 0 saturated carbocycles. The van der Waals surface area contributed by atoms with E-state index in [1.54, 1.807) is 0 Å². The van der Waals surface area contributed by atoms with Gasteiger partial charge in [0.15, 0.2) is 0 Å². The minimum atomic E-state index is -0.940. The van der Waals surface area contributed by atoms with Crippen molar-refractivity contribution in [2.75, 3.05) is 37.7 Å². The minimum Gasteiger partial charge on any atom is -0.480 e. The van der Waals surface area contributed by atoms with Crippen molar-refractivity contribution < 1.29 is 19.4 Å². The summed E-state index contributed by atoms with van der Waals surface area (Å²) in [6.07, 6.45) is 1.99. The SMILES string of the molecule is O=C(O)COC1CCN(C(=O)CC2CSCCN2)CC1. The van der Waals surface area contributed by atoms with Crippen LogP contribution in [0.5, 0.6) is 0 Å². The zero-order valence-corrected chi connectivity index (χ0v) is 12.4. The number of carboxylic acid groups (broad SMARTS) is 1. The first-order valence-corrected chi connectivity index (χ1v) is 8.23. The number of thioether (sulfide) groups is 1. The van der Waals surface area contributed by atoms with Crippen LogP contribution in [0.2, 0.25) is 0 Å². The highest BCUT2D eigenvalue weighted by Gasteiger charge is 2.26. The van der Waals surface area contributed by atoms with Gasteiger partial charge in [0.1, 0.15) is 6.61 Å².